The van der Waals surface area contributed by atoms with E-state index in [1.54, 1.807) is 17.1 Å². The minimum Gasteiger partial charge on any atom is -0.492 e. The number of carbonyl (C=O) groups is 1. The summed E-state index contributed by atoms with van der Waals surface area (Å²) in [7, 11) is 0. The number of benzene rings is 1. The van der Waals surface area contributed by atoms with Gasteiger partial charge in [-0.05, 0) is 49.6 Å². The molecular formula is C21H22N8O3. The molecule has 11 heteroatoms. The molecule has 1 aliphatic carbocycles. The largest absolute Gasteiger partial charge is 0.492 e. The minimum atomic E-state index is -0.748. The van der Waals surface area contributed by atoms with Gasteiger partial charge in [-0.3, -0.25) is 9.48 Å². The van der Waals surface area contributed by atoms with Gasteiger partial charge in [0.25, 0.3) is 0 Å². The second-order valence-corrected chi connectivity index (χ2v) is 7.70. The van der Waals surface area contributed by atoms with E-state index in [1.807, 2.05) is 41.2 Å². The van der Waals surface area contributed by atoms with Gasteiger partial charge in [0.2, 0.25) is 5.95 Å². The zero-order chi connectivity index (χ0) is 21.9. The number of nitrogens with one attached hydrogen (secondary N) is 1. The standard InChI is InChI=1S/C21H22N8O3/c30-20(31)14-2-3-15(12-14)24-21-22-13-18-19(25-21)29(27-26-18)16-4-6-17(7-5-16)32-11-10-28-9-1-8-23-28/h1,4-9,13-15H,2-3,10-12H2,(H,30,31)(H,22,24,25)/t14-,15-/m1/s1. The molecule has 1 aromatic carbocycles. The van der Waals surface area contributed by atoms with Crippen molar-refractivity contribution in [2.24, 2.45) is 5.92 Å². The van der Waals surface area contributed by atoms with Crippen molar-refractivity contribution in [2.75, 3.05) is 11.9 Å². The topological polar surface area (TPSA) is 133 Å². The molecule has 0 bridgehead atoms. The van der Waals surface area contributed by atoms with E-state index < -0.39 is 5.97 Å². The lowest BCUT2D eigenvalue weighted by Gasteiger charge is -2.12. The summed E-state index contributed by atoms with van der Waals surface area (Å²) in [4.78, 5) is 20.1. The van der Waals surface area contributed by atoms with E-state index in [0.29, 0.717) is 43.1 Å². The third-order valence-corrected chi connectivity index (χ3v) is 5.54. The second-order valence-electron chi connectivity index (χ2n) is 7.70. The van der Waals surface area contributed by atoms with Crippen LogP contribution in [-0.2, 0) is 11.3 Å². The van der Waals surface area contributed by atoms with Crippen molar-refractivity contribution in [3.05, 3.63) is 48.9 Å². The number of ether oxygens (including phenoxy) is 1. The van der Waals surface area contributed by atoms with Crippen LogP contribution in [0.5, 0.6) is 5.75 Å². The van der Waals surface area contributed by atoms with Gasteiger partial charge < -0.3 is 15.2 Å². The number of rotatable bonds is 8. The number of hydrogen-bond donors (Lipinski definition) is 2. The molecule has 3 heterocycles. The molecule has 0 saturated heterocycles. The Morgan fingerprint density at radius 1 is 1.25 bits per heavy atom. The second kappa shape index (κ2) is 8.61. The Bertz CT molecular complexity index is 1210. The summed E-state index contributed by atoms with van der Waals surface area (Å²) in [6, 6.07) is 9.44. The Kier molecular flexibility index (Phi) is 5.36. The Morgan fingerprint density at radius 2 is 2.12 bits per heavy atom. The zero-order valence-electron chi connectivity index (χ0n) is 17.2. The third-order valence-electron chi connectivity index (χ3n) is 5.54. The molecule has 11 nitrogen and oxygen atoms in total. The lowest BCUT2D eigenvalue weighted by atomic mass is 10.1. The molecule has 1 fully saturated rings. The fourth-order valence-electron chi connectivity index (χ4n) is 3.86. The van der Waals surface area contributed by atoms with E-state index in [0.717, 1.165) is 17.9 Å². The molecular weight excluding hydrogens is 412 g/mol. The van der Waals surface area contributed by atoms with Crippen molar-refractivity contribution >= 4 is 23.1 Å². The van der Waals surface area contributed by atoms with Crippen LogP contribution in [0, 0.1) is 5.92 Å². The van der Waals surface area contributed by atoms with Crippen molar-refractivity contribution in [3.63, 3.8) is 0 Å². The molecule has 0 aliphatic heterocycles. The van der Waals surface area contributed by atoms with E-state index in [4.69, 9.17) is 4.74 Å². The monoisotopic (exact) mass is 434 g/mol. The lowest BCUT2D eigenvalue weighted by molar-refractivity contribution is -0.141. The zero-order valence-corrected chi connectivity index (χ0v) is 17.2. The van der Waals surface area contributed by atoms with Crippen molar-refractivity contribution in [1.82, 2.24) is 34.7 Å². The van der Waals surface area contributed by atoms with Crippen LogP contribution < -0.4 is 10.1 Å². The number of aromatic nitrogens is 7. The summed E-state index contributed by atoms with van der Waals surface area (Å²) in [6.07, 6.45) is 7.25. The highest BCUT2D eigenvalue weighted by molar-refractivity contribution is 5.72. The normalized spacial score (nSPS) is 18.1. The number of carboxylic acid groups (broad SMARTS) is 1. The van der Waals surface area contributed by atoms with Gasteiger partial charge in [0.05, 0.1) is 24.3 Å². The molecule has 0 unspecified atom stereocenters. The highest BCUT2D eigenvalue weighted by atomic mass is 16.5. The predicted octanol–water partition coefficient (Wildman–Crippen LogP) is 2.15. The van der Waals surface area contributed by atoms with Crippen molar-refractivity contribution in [1.29, 1.82) is 0 Å². The smallest absolute Gasteiger partial charge is 0.306 e. The third kappa shape index (κ3) is 4.22. The molecule has 0 spiro atoms. The minimum absolute atomic E-state index is 0.0380. The maximum Gasteiger partial charge on any atom is 0.306 e. The molecule has 4 aromatic rings. The molecule has 0 radical (unpaired) electrons. The van der Waals surface area contributed by atoms with Crippen LogP contribution in [-0.4, -0.2) is 58.5 Å². The van der Waals surface area contributed by atoms with Crippen LogP contribution in [0.2, 0.25) is 0 Å². The van der Waals surface area contributed by atoms with Gasteiger partial charge in [0.1, 0.15) is 12.4 Å². The van der Waals surface area contributed by atoms with Gasteiger partial charge in [-0.2, -0.15) is 14.8 Å². The van der Waals surface area contributed by atoms with Gasteiger partial charge in [-0.1, -0.05) is 5.21 Å². The van der Waals surface area contributed by atoms with Gasteiger partial charge in [-0.15, -0.1) is 5.10 Å². The van der Waals surface area contributed by atoms with E-state index in [2.05, 4.69) is 30.7 Å². The van der Waals surface area contributed by atoms with Crippen LogP contribution in [0.1, 0.15) is 19.3 Å². The number of carboxylic acids is 1. The van der Waals surface area contributed by atoms with E-state index in [1.165, 1.54) is 0 Å². The number of hydrogen-bond acceptors (Lipinski definition) is 8. The van der Waals surface area contributed by atoms with E-state index >= 15 is 0 Å². The van der Waals surface area contributed by atoms with Gasteiger partial charge in [0, 0.05) is 18.4 Å². The molecule has 2 atom stereocenters. The van der Waals surface area contributed by atoms with E-state index in [9.17, 15) is 9.90 Å². The molecule has 3 aromatic heterocycles. The highest BCUT2D eigenvalue weighted by Crippen LogP contribution is 2.28. The summed E-state index contributed by atoms with van der Waals surface area (Å²) in [6.45, 7) is 1.18. The molecule has 32 heavy (non-hydrogen) atoms. The summed E-state index contributed by atoms with van der Waals surface area (Å²) in [5.74, 6) is 0.123. The lowest BCUT2D eigenvalue weighted by Crippen LogP contribution is -2.19. The van der Waals surface area contributed by atoms with Gasteiger partial charge in [0.15, 0.2) is 11.2 Å². The maximum atomic E-state index is 11.2. The Labute approximate surface area is 183 Å². The molecule has 5 rings (SSSR count). The van der Waals surface area contributed by atoms with E-state index in [-0.39, 0.29) is 12.0 Å². The Hall–Kier alpha value is -4.02. The van der Waals surface area contributed by atoms with Crippen molar-refractivity contribution in [3.8, 4) is 11.4 Å². The first-order valence-corrected chi connectivity index (χ1v) is 10.4. The summed E-state index contributed by atoms with van der Waals surface area (Å²) < 4.78 is 9.23. The number of fused-ring (bicyclic) bond motifs is 1. The quantitative estimate of drug-likeness (QED) is 0.428. The Balaban J connectivity index is 1.27. The predicted molar refractivity (Wildman–Crippen MR) is 115 cm³/mol. The van der Waals surface area contributed by atoms with Crippen molar-refractivity contribution < 1.29 is 14.6 Å². The van der Waals surface area contributed by atoms with Crippen LogP contribution in [0.3, 0.4) is 0 Å². The van der Waals surface area contributed by atoms with Crippen LogP contribution >= 0.6 is 0 Å². The molecule has 1 aliphatic rings. The van der Waals surface area contributed by atoms with Crippen LogP contribution in [0.25, 0.3) is 16.9 Å². The molecule has 2 N–H and O–H groups in total. The van der Waals surface area contributed by atoms with Gasteiger partial charge >= 0.3 is 5.97 Å². The number of anilines is 1. The Morgan fingerprint density at radius 3 is 2.88 bits per heavy atom. The van der Waals surface area contributed by atoms with Crippen molar-refractivity contribution in [2.45, 2.75) is 31.8 Å². The SMILES string of the molecule is O=C(O)[C@@H]1CC[C@@H](Nc2ncc3nnn(-c4ccc(OCCn5cccn5)cc4)c3n2)C1. The van der Waals surface area contributed by atoms with Gasteiger partial charge in [-0.25, -0.2) is 4.98 Å². The summed E-state index contributed by atoms with van der Waals surface area (Å²) in [5, 5.41) is 24.9. The first-order valence-electron chi connectivity index (χ1n) is 10.4. The average Bonchev–Trinajstić information content (AvgIpc) is 3.55. The number of aliphatic carboxylic acids is 1. The fraction of sp³-hybridized carbons (Fsp3) is 0.333. The first-order chi connectivity index (χ1) is 15.7. The fourth-order valence-corrected chi connectivity index (χ4v) is 3.86. The summed E-state index contributed by atoms with van der Waals surface area (Å²) in [5.41, 5.74) is 1.94. The highest BCUT2D eigenvalue weighted by Gasteiger charge is 2.30. The van der Waals surface area contributed by atoms with Crippen LogP contribution in [0.15, 0.2) is 48.9 Å². The molecule has 164 valence electrons. The molecule has 1 saturated carbocycles. The maximum absolute atomic E-state index is 11.2. The number of nitrogens with zero attached hydrogens (tertiary/aromatic N) is 7. The summed E-state index contributed by atoms with van der Waals surface area (Å²) >= 11 is 0. The average molecular weight is 434 g/mol. The molecule has 0 amide bonds. The van der Waals surface area contributed by atoms with Crippen LogP contribution in [0.4, 0.5) is 5.95 Å². The first kappa shape index (κ1) is 19.9.